The number of methoxy groups -OCH3 is 2. The second kappa shape index (κ2) is 8.32. The monoisotopic (exact) mass is 347 g/mol. The molecule has 9 heteroatoms. The molecule has 1 rings (SSSR count). The largest absolute Gasteiger partial charge is 0.469 e. The Morgan fingerprint density at radius 1 is 1.17 bits per heavy atom. The predicted octanol–water partition coefficient (Wildman–Crippen LogP) is 1.93. The molecule has 0 heterocycles. The fraction of sp³-hybridized carbons (Fsp3) is 0.400. The van der Waals surface area contributed by atoms with Crippen molar-refractivity contribution in [2.75, 3.05) is 14.2 Å². The first-order valence-corrected chi connectivity index (χ1v) is 6.81. The van der Waals surface area contributed by atoms with Crippen LogP contribution in [0.5, 0.6) is 0 Å². The number of alkyl halides is 3. The summed E-state index contributed by atoms with van der Waals surface area (Å²) >= 11 is 0. The number of hydrogen-bond donors (Lipinski definition) is 1. The lowest BCUT2D eigenvalue weighted by molar-refractivity contribution is -0.144. The summed E-state index contributed by atoms with van der Waals surface area (Å²) in [4.78, 5) is 34.8. The Morgan fingerprint density at radius 2 is 1.83 bits per heavy atom. The molecule has 0 saturated carbocycles. The van der Waals surface area contributed by atoms with E-state index in [4.69, 9.17) is 0 Å². The van der Waals surface area contributed by atoms with E-state index in [0.29, 0.717) is 6.07 Å². The third-order valence-corrected chi connectivity index (χ3v) is 3.11. The number of esters is 2. The highest BCUT2D eigenvalue weighted by molar-refractivity contribution is 5.97. The van der Waals surface area contributed by atoms with Gasteiger partial charge in [-0.25, -0.2) is 4.79 Å². The lowest BCUT2D eigenvalue weighted by atomic mass is 10.1. The molecule has 1 N–H and O–H groups in total. The van der Waals surface area contributed by atoms with Gasteiger partial charge in [0.1, 0.15) is 6.04 Å². The van der Waals surface area contributed by atoms with Crippen LogP contribution in [0.3, 0.4) is 0 Å². The Morgan fingerprint density at radius 3 is 2.38 bits per heavy atom. The number of benzene rings is 1. The average molecular weight is 347 g/mol. The van der Waals surface area contributed by atoms with E-state index in [2.05, 4.69) is 14.8 Å². The highest BCUT2D eigenvalue weighted by Crippen LogP contribution is 2.29. The summed E-state index contributed by atoms with van der Waals surface area (Å²) in [5, 5.41) is 2.25. The predicted molar refractivity (Wildman–Crippen MR) is 76.0 cm³/mol. The molecule has 0 bridgehead atoms. The number of hydrogen-bond acceptors (Lipinski definition) is 5. The van der Waals surface area contributed by atoms with Crippen LogP contribution in [0.1, 0.15) is 28.8 Å². The smallest absolute Gasteiger partial charge is 0.416 e. The van der Waals surface area contributed by atoms with E-state index in [9.17, 15) is 27.6 Å². The summed E-state index contributed by atoms with van der Waals surface area (Å²) in [6.07, 6.45) is -4.87. The molecule has 1 amide bonds. The minimum absolute atomic E-state index is 0.107. The van der Waals surface area contributed by atoms with E-state index in [-0.39, 0.29) is 18.4 Å². The van der Waals surface area contributed by atoms with Crippen LogP contribution in [0, 0.1) is 0 Å². The fourth-order valence-corrected chi connectivity index (χ4v) is 1.83. The zero-order valence-corrected chi connectivity index (χ0v) is 13.0. The zero-order valence-electron chi connectivity index (χ0n) is 13.0. The van der Waals surface area contributed by atoms with Gasteiger partial charge in [-0.3, -0.25) is 9.59 Å². The van der Waals surface area contributed by atoms with Gasteiger partial charge in [0.25, 0.3) is 5.91 Å². The van der Waals surface area contributed by atoms with Crippen molar-refractivity contribution in [2.24, 2.45) is 0 Å². The molecular weight excluding hydrogens is 331 g/mol. The van der Waals surface area contributed by atoms with Gasteiger partial charge in [0.2, 0.25) is 0 Å². The molecule has 6 nitrogen and oxygen atoms in total. The number of nitrogens with one attached hydrogen (secondary N) is 1. The van der Waals surface area contributed by atoms with Crippen LogP contribution in [0.4, 0.5) is 13.2 Å². The third-order valence-electron chi connectivity index (χ3n) is 3.11. The number of halogens is 3. The Kier molecular flexibility index (Phi) is 6.75. The molecule has 132 valence electrons. The summed E-state index contributed by atoms with van der Waals surface area (Å²) in [6, 6.07) is 2.57. The molecule has 1 aromatic carbocycles. The van der Waals surface area contributed by atoms with Crippen molar-refractivity contribution in [2.45, 2.75) is 25.1 Å². The first-order valence-electron chi connectivity index (χ1n) is 6.81. The molecule has 0 fully saturated rings. The van der Waals surface area contributed by atoms with E-state index < -0.39 is 35.6 Å². The van der Waals surface area contributed by atoms with Crippen LogP contribution in [-0.4, -0.2) is 38.1 Å². The number of carbonyl (C=O) groups is 3. The lowest BCUT2D eigenvalue weighted by Crippen LogP contribution is -2.42. The van der Waals surface area contributed by atoms with Crippen LogP contribution in [0.25, 0.3) is 0 Å². The molecule has 0 aliphatic heterocycles. The van der Waals surface area contributed by atoms with Crippen LogP contribution in [0.2, 0.25) is 0 Å². The molecule has 0 aromatic heterocycles. The summed E-state index contributed by atoms with van der Waals surface area (Å²) in [7, 11) is 2.25. The minimum Gasteiger partial charge on any atom is -0.469 e. The van der Waals surface area contributed by atoms with Gasteiger partial charge in [-0.1, -0.05) is 6.07 Å². The molecule has 0 radical (unpaired) electrons. The maximum Gasteiger partial charge on any atom is 0.416 e. The van der Waals surface area contributed by atoms with Crippen LogP contribution >= 0.6 is 0 Å². The second-order valence-corrected chi connectivity index (χ2v) is 4.74. The Bertz CT molecular complexity index is 615. The number of amides is 1. The van der Waals surface area contributed by atoms with Crippen molar-refractivity contribution in [3.8, 4) is 0 Å². The summed E-state index contributed by atoms with van der Waals surface area (Å²) in [6.45, 7) is 0. The highest BCUT2D eigenvalue weighted by Gasteiger charge is 2.31. The zero-order chi connectivity index (χ0) is 18.3. The molecule has 0 aliphatic carbocycles. The minimum atomic E-state index is -4.59. The molecule has 1 atom stereocenters. The van der Waals surface area contributed by atoms with Crippen molar-refractivity contribution in [3.63, 3.8) is 0 Å². The average Bonchev–Trinajstić information content (AvgIpc) is 2.56. The van der Waals surface area contributed by atoms with Gasteiger partial charge in [0.15, 0.2) is 0 Å². The van der Waals surface area contributed by atoms with Gasteiger partial charge in [-0.15, -0.1) is 0 Å². The first-order chi connectivity index (χ1) is 11.2. The van der Waals surface area contributed by atoms with E-state index in [1.165, 1.54) is 6.07 Å². The molecule has 0 saturated heterocycles. The van der Waals surface area contributed by atoms with E-state index >= 15 is 0 Å². The van der Waals surface area contributed by atoms with Crippen molar-refractivity contribution in [1.29, 1.82) is 0 Å². The molecule has 0 unspecified atom stereocenters. The molecular formula is C15H16F3NO5. The molecule has 1 aromatic rings. The SMILES string of the molecule is COC(=O)CC[C@@H](NC(=O)c1cccc(C(F)(F)F)c1)C(=O)OC. The maximum absolute atomic E-state index is 12.7. The van der Waals surface area contributed by atoms with E-state index in [1.54, 1.807) is 0 Å². The standard InChI is InChI=1S/C15H16F3NO5/c1-23-12(20)7-6-11(14(22)24-2)19-13(21)9-4-3-5-10(8-9)15(16,17)18/h3-5,8,11H,6-7H2,1-2H3,(H,19,21)/t11-/m1/s1. The van der Waals surface area contributed by atoms with Crippen LogP contribution < -0.4 is 5.32 Å². The maximum atomic E-state index is 12.7. The number of ether oxygens (including phenoxy) is 2. The van der Waals surface area contributed by atoms with Gasteiger partial charge in [-0.05, 0) is 24.6 Å². The van der Waals surface area contributed by atoms with E-state index in [0.717, 1.165) is 26.4 Å². The van der Waals surface area contributed by atoms with Gasteiger partial charge in [0.05, 0.1) is 19.8 Å². The normalized spacial score (nSPS) is 12.2. The Hall–Kier alpha value is -2.58. The van der Waals surface area contributed by atoms with Crippen molar-refractivity contribution in [1.82, 2.24) is 5.32 Å². The summed E-state index contributed by atoms with van der Waals surface area (Å²) in [5.74, 6) is -2.31. The fourth-order valence-electron chi connectivity index (χ4n) is 1.83. The quantitative estimate of drug-likeness (QED) is 0.795. The van der Waals surface area contributed by atoms with Crippen LogP contribution in [-0.2, 0) is 25.2 Å². The first kappa shape index (κ1) is 19.5. The van der Waals surface area contributed by atoms with Gasteiger partial charge < -0.3 is 14.8 Å². The summed E-state index contributed by atoms with van der Waals surface area (Å²) < 4.78 is 46.9. The number of rotatable bonds is 6. The Balaban J connectivity index is 2.88. The van der Waals surface area contributed by atoms with Crippen molar-refractivity contribution < 1.29 is 37.0 Å². The molecule has 0 spiro atoms. The Labute approximate surface area is 135 Å². The van der Waals surface area contributed by atoms with Gasteiger partial charge in [0, 0.05) is 12.0 Å². The van der Waals surface area contributed by atoms with Gasteiger partial charge >= 0.3 is 18.1 Å². The summed E-state index contributed by atoms with van der Waals surface area (Å²) in [5.41, 5.74) is -1.25. The molecule has 24 heavy (non-hydrogen) atoms. The van der Waals surface area contributed by atoms with E-state index in [1.807, 2.05) is 0 Å². The van der Waals surface area contributed by atoms with Crippen LogP contribution in [0.15, 0.2) is 24.3 Å². The third kappa shape index (κ3) is 5.56. The number of carbonyl (C=O) groups excluding carboxylic acids is 3. The molecule has 0 aliphatic rings. The van der Waals surface area contributed by atoms with Crippen molar-refractivity contribution >= 4 is 17.8 Å². The highest BCUT2D eigenvalue weighted by atomic mass is 19.4. The lowest BCUT2D eigenvalue weighted by Gasteiger charge is -2.16. The van der Waals surface area contributed by atoms with Gasteiger partial charge in [-0.2, -0.15) is 13.2 Å². The topological polar surface area (TPSA) is 81.7 Å². The second-order valence-electron chi connectivity index (χ2n) is 4.74. The van der Waals surface area contributed by atoms with Crippen molar-refractivity contribution in [3.05, 3.63) is 35.4 Å².